The molecule has 0 spiro atoms. The number of hydrogen-bond acceptors (Lipinski definition) is 2. The largest absolute Gasteiger partial charge is 0.351 e. The normalized spacial score (nSPS) is 14.6. The molecule has 0 radical (unpaired) electrons. The summed E-state index contributed by atoms with van der Waals surface area (Å²) in [5, 5.41) is 7.19. The van der Waals surface area contributed by atoms with E-state index >= 15 is 0 Å². The van der Waals surface area contributed by atoms with Crippen LogP contribution < -0.4 is 10.6 Å². The van der Waals surface area contributed by atoms with Gasteiger partial charge in [0.2, 0.25) is 11.8 Å². The SMILES string of the molecule is O=C(NCc1ccc(Cl)cc1)C(C(=O)NCc1ccc(Cl)cc1)C1CCCCC1. The van der Waals surface area contributed by atoms with Crippen LogP contribution in [0.2, 0.25) is 10.0 Å². The Morgan fingerprint density at radius 1 is 0.759 bits per heavy atom. The van der Waals surface area contributed by atoms with Crippen molar-refractivity contribution in [2.75, 3.05) is 0 Å². The Labute approximate surface area is 182 Å². The minimum atomic E-state index is -0.671. The Bertz CT molecular complexity index is 754. The molecule has 154 valence electrons. The molecule has 0 bridgehead atoms. The lowest BCUT2D eigenvalue weighted by Gasteiger charge is -2.28. The van der Waals surface area contributed by atoms with Gasteiger partial charge in [0.25, 0.3) is 0 Å². The van der Waals surface area contributed by atoms with Gasteiger partial charge in [0.05, 0.1) is 0 Å². The van der Waals surface area contributed by atoms with Gasteiger partial charge in [0.1, 0.15) is 5.92 Å². The zero-order valence-corrected chi connectivity index (χ0v) is 17.8. The standard InChI is InChI=1S/C23H26Cl2N2O2/c24-19-10-6-16(7-11-19)14-26-22(28)21(18-4-2-1-3-5-18)23(29)27-15-17-8-12-20(25)13-9-17/h6-13,18,21H,1-5,14-15H2,(H,26,28)(H,27,29). The van der Waals surface area contributed by atoms with Gasteiger partial charge in [-0.1, -0.05) is 66.7 Å². The average molecular weight is 433 g/mol. The van der Waals surface area contributed by atoms with E-state index in [9.17, 15) is 9.59 Å². The van der Waals surface area contributed by atoms with Gasteiger partial charge in [-0.3, -0.25) is 9.59 Å². The zero-order valence-electron chi connectivity index (χ0n) is 16.3. The van der Waals surface area contributed by atoms with Crippen LogP contribution in [0.15, 0.2) is 48.5 Å². The Kier molecular flexibility index (Phi) is 7.96. The van der Waals surface area contributed by atoms with E-state index in [0.717, 1.165) is 36.8 Å². The van der Waals surface area contributed by atoms with Crippen molar-refractivity contribution in [1.82, 2.24) is 10.6 Å². The maximum Gasteiger partial charge on any atom is 0.233 e. The van der Waals surface area contributed by atoms with Gasteiger partial charge >= 0.3 is 0 Å². The molecule has 3 rings (SSSR count). The fourth-order valence-corrected chi connectivity index (χ4v) is 4.07. The smallest absolute Gasteiger partial charge is 0.233 e. The highest BCUT2D eigenvalue weighted by Gasteiger charge is 2.35. The number of carbonyl (C=O) groups excluding carboxylic acids is 2. The predicted octanol–water partition coefficient (Wildman–Crippen LogP) is 5.12. The molecule has 0 aliphatic heterocycles. The van der Waals surface area contributed by atoms with Crippen molar-refractivity contribution in [2.24, 2.45) is 11.8 Å². The summed E-state index contributed by atoms with van der Waals surface area (Å²) in [6, 6.07) is 14.7. The summed E-state index contributed by atoms with van der Waals surface area (Å²) in [6.07, 6.45) is 5.12. The van der Waals surface area contributed by atoms with Crippen molar-refractivity contribution in [1.29, 1.82) is 0 Å². The summed E-state index contributed by atoms with van der Waals surface area (Å²) < 4.78 is 0. The van der Waals surface area contributed by atoms with Crippen molar-refractivity contribution >= 4 is 35.0 Å². The van der Waals surface area contributed by atoms with E-state index in [-0.39, 0.29) is 17.7 Å². The Morgan fingerprint density at radius 3 is 1.59 bits per heavy atom. The highest BCUT2D eigenvalue weighted by molar-refractivity contribution is 6.30. The summed E-state index contributed by atoms with van der Waals surface area (Å²) in [7, 11) is 0. The molecule has 0 aromatic heterocycles. The molecule has 0 saturated heterocycles. The van der Waals surface area contributed by atoms with Crippen LogP contribution in [-0.4, -0.2) is 11.8 Å². The van der Waals surface area contributed by atoms with Gasteiger partial charge in [0, 0.05) is 23.1 Å². The molecule has 2 aromatic carbocycles. The Balaban J connectivity index is 1.63. The lowest BCUT2D eigenvalue weighted by molar-refractivity contribution is -0.138. The highest BCUT2D eigenvalue weighted by atomic mass is 35.5. The fraction of sp³-hybridized carbons (Fsp3) is 0.391. The molecule has 0 atom stereocenters. The van der Waals surface area contributed by atoms with E-state index in [0.29, 0.717) is 23.1 Å². The van der Waals surface area contributed by atoms with Crippen LogP contribution in [0.3, 0.4) is 0 Å². The first kappa shape index (κ1) is 21.7. The number of rotatable bonds is 7. The number of halogens is 2. The molecular weight excluding hydrogens is 407 g/mol. The van der Waals surface area contributed by atoms with E-state index in [1.807, 2.05) is 24.3 Å². The number of nitrogens with one attached hydrogen (secondary N) is 2. The first-order valence-corrected chi connectivity index (χ1v) is 10.8. The number of benzene rings is 2. The molecule has 2 N–H and O–H groups in total. The van der Waals surface area contributed by atoms with Gasteiger partial charge in [-0.25, -0.2) is 0 Å². The van der Waals surface area contributed by atoms with Crippen molar-refractivity contribution in [3.63, 3.8) is 0 Å². The van der Waals surface area contributed by atoms with Crippen molar-refractivity contribution in [3.05, 3.63) is 69.7 Å². The van der Waals surface area contributed by atoms with Crippen LogP contribution >= 0.6 is 23.2 Å². The molecule has 4 nitrogen and oxygen atoms in total. The van der Waals surface area contributed by atoms with Gasteiger partial charge < -0.3 is 10.6 Å². The van der Waals surface area contributed by atoms with Crippen LogP contribution in [-0.2, 0) is 22.7 Å². The summed E-state index contributed by atoms with van der Waals surface area (Å²) in [5.41, 5.74) is 1.90. The lowest BCUT2D eigenvalue weighted by atomic mass is 9.79. The highest BCUT2D eigenvalue weighted by Crippen LogP contribution is 2.30. The van der Waals surface area contributed by atoms with Gasteiger partial charge in [-0.05, 0) is 54.2 Å². The van der Waals surface area contributed by atoms with Crippen LogP contribution in [0.4, 0.5) is 0 Å². The molecule has 1 aliphatic carbocycles. The minimum Gasteiger partial charge on any atom is -0.351 e. The summed E-state index contributed by atoms with van der Waals surface area (Å²) >= 11 is 11.8. The number of carbonyl (C=O) groups is 2. The number of hydrogen-bond donors (Lipinski definition) is 2. The van der Waals surface area contributed by atoms with E-state index in [2.05, 4.69) is 10.6 Å². The van der Waals surface area contributed by atoms with E-state index in [1.54, 1.807) is 24.3 Å². The third-order valence-corrected chi connectivity index (χ3v) is 5.95. The van der Waals surface area contributed by atoms with Crippen molar-refractivity contribution in [2.45, 2.75) is 45.2 Å². The minimum absolute atomic E-state index is 0.0826. The topological polar surface area (TPSA) is 58.2 Å². The molecule has 0 heterocycles. The maximum absolute atomic E-state index is 13.0. The molecule has 1 aliphatic rings. The summed E-state index contributed by atoms with van der Waals surface area (Å²) in [6.45, 7) is 0.757. The predicted molar refractivity (Wildman–Crippen MR) is 117 cm³/mol. The van der Waals surface area contributed by atoms with Crippen LogP contribution in [0.25, 0.3) is 0 Å². The van der Waals surface area contributed by atoms with Crippen LogP contribution in [0.5, 0.6) is 0 Å². The van der Waals surface area contributed by atoms with E-state index in [4.69, 9.17) is 23.2 Å². The quantitative estimate of drug-likeness (QED) is 0.596. The molecular formula is C23H26Cl2N2O2. The summed E-state index contributed by atoms with van der Waals surface area (Å²) in [5.74, 6) is -1.00. The first-order valence-electron chi connectivity index (χ1n) is 10.1. The first-order chi connectivity index (χ1) is 14.0. The average Bonchev–Trinajstić information content (AvgIpc) is 2.74. The lowest BCUT2D eigenvalue weighted by Crippen LogP contribution is -2.45. The maximum atomic E-state index is 13.0. The van der Waals surface area contributed by atoms with Gasteiger partial charge in [-0.15, -0.1) is 0 Å². The van der Waals surface area contributed by atoms with Crippen LogP contribution in [0, 0.1) is 11.8 Å². The zero-order chi connectivity index (χ0) is 20.6. The Hall–Kier alpha value is -2.04. The molecule has 6 heteroatoms. The molecule has 1 saturated carbocycles. The molecule has 1 fully saturated rings. The second kappa shape index (κ2) is 10.7. The Morgan fingerprint density at radius 2 is 1.17 bits per heavy atom. The third-order valence-electron chi connectivity index (χ3n) is 5.45. The van der Waals surface area contributed by atoms with Gasteiger partial charge in [-0.2, -0.15) is 0 Å². The van der Waals surface area contributed by atoms with E-state index in [1.165, 1.54) is 6.42 Å². The van der Waals surface area contributed by atoms with E-state index < -0.39 is 5.92 Å². The monoisotopic (exact) mass is 432 g/mol. The van der Waals surface area contributed by atoms with Crippen molar-refractivity contribution < 1.29 is 9.59 Å². The molecule has 2 amide bonds. The second-order valence-corrected chi connectivity index (χ2v) is 8.44. The molecule has 29 heavy (non-hydrogen) atoms. The molecule has 0 unspecified atom stereocenters. The fourth-order valence-electron chi connectivity index (χ4n) is 3.82. The molecule has 2 aromatic rings. The second-order valence-electron chi connectivity index (χ2n) is 7.56. The number of amides is 2. The van der Waals surface area contributed by atoms with Crippen LogP contribution in [0.1, 0.15) is 43.2 Å². The van der Waals surface area contributed by atoms with Gasteiger partial charge in [0.15, 0.2) is 0 Å². The van der Waals surface area contributed by atoms with Crippen molar-refractivity contribution in [3.8, 4) is 0 Å². The summed E-state index contributed by atoms with van der Waals surface area (Å²) in [4.78, 5) is 25.9. The third kappa shape index (κ3) is 6.48.